The molecule has 1 aromatic heterocycles. The van der Waals surface area contributed by atoms with E-state index in [9.17, 15) is 9.59 Å². The zero-order chi connectivity index (χ0) is 19.9. The SMILES string of the molecule is CC1=NC2=C(C(=O)CC(C)(C)C2)[C@H](c2cccs2)C1C(=O)OC[C@H]1CCCO1. The number of esters is 1. The van der Waals surface area contributed by atoms with Crippen molar-refractivity contribution in [2.45, 2.75) is 58.5 Å². The van der Waals surface area contributed by atoms with Gasteiger partial charge in [0.2, 0.25) is 0 Å². The van der Waals surface area contributed by atoms with E-state index in [1.54, 1.807) is 11.3 Å². The van der Waals surface area contributed by atoms with E-state index in [-0.39, 0.29) is 35.8 Å². The summed E-state index contributed by atoms with van der Waals surface area (Å²) in [6.45, 7) is 7.08. The number of rotatable bonds is 4. The van der Waals surface area contributed by atoms with Crippen LogP contribution in [0.5, 0.6) is 0 Å². The van der Waals surface area contributed by atoms with Crippen LogP contribution in [0.15, 0.2) is 33.8 Å². The van der Waals surface area contributed by atoms with Crippen molar-refractivity contribution in [3.63, 3.8) is 0 Å². The summed E-state index contributed by atoms with van der Waals surface area (Å²) in [5.41, 5.74) is 2.19. The molecule has 0 radical (unpaired) electrons. The fourth-order valence-electron chi connectivity index (χ4n) is 4.57. The number of aliphatic imine (C=N–C) groups is 1. The molecule has 1 aliphatic carbocycles. The Morgan fingerprint density at radius 3 is 2.89 bits per heavy atom. The Balaban J connectivity index is 1.66. The summed E-state index contributed by atoms with van der Waals surface area (Å²) >= 11 is 1.58. The average molecular weight is 402 g/mol. The van der Waals surface area contributed by atoms with E-state index in [1.807, 2.05) is 24.4 Å². The first kappa shape index (κ1) is 19.5. The molecule has 0 amide bonds. The molecular formula is C22H27NO4S. The quantitative estimate of drug-likeness (QED) is 0.706. The Labute approximate surface area is 169 Å². The van der Waals surface area contributed by atoms with Gasteiger partial charge in [-0.1, -0.05) is 19.9 Å². The van der Waals surface area contributed by atoms with Crippen LogP contribution < -0.4 is 0 Å². The van der Waals surface area contributed by atoms with Gasteiger partial charge in [-0.2, -0.15) is 0 Å². The van der Waals surface area contributed by atoms with E-state index in [0.717, 1.165) is 42.2 Å². The highest BCUT2D eigenvalue weighted by Gasteiger charge is 2.46. The maximum Gasteiger partial charge on any atom is 0.315 e. The highest BCUT2D eigenvalue weighted by molar-refractivity contribution is 7.10. The van der Waals surface area contributed by atoms with Crippen molar-refractivity contribution in [3.8, 4) is 0 Å². The second kappa shape index (κ2) is 7.56. The molecule has 6 heteroatoms. The smallest absolute Gasteiger partial charge is 0.315 e. The third kappa shape index (κ3) is 3.72. The highest BCUT2D eigenvalue weighted by atomic mass is 32.1. The van der Waals surface area contributed by atoms with E-state index in [4.69, 9.17) is 14.5 Å². The molecule has 2 aliphatic heterocycles. The number of carbonyl (C=O) groups excluding carboxylic acids is 2. The van der Waals surface area contributed by atoms with Crippen molar-refractivity contribution in [2.24, 2.45) is 16.3 Å². The zero-order valence-electron chi connectivity index (χ0n) is 16.7. The number of hydrogen-bond acceptors (Lipinski definition) is 6. The van der Waals surface area contributed by atoms with Crippen molar-refractivity contribution in [1.29, 1.82) is 0 Å². The van der Waals surface area contributed by atoms with Gasteiger partial charge >= 0.3 is 5.97 Å². The molecule has 28 heavy (non-hydrogen) atoms. The van der Waals surface area contributed by atoms with Gasteiger partial charge in [-0.25, -0.2) is 0 Å². The van der Waals surface area contributed by atoms with E-state index in [2.05, 4.69) is 13.8 Å². The zero-order valence-corrected chi connectivity index (χ0v) is 17.5. The van der Waals surface area contributed by atoms with Gasteiger partial charge in [0, 0.05) is 40.8 Å². The molecular weight excluding hydrogens is 374 g/mol. The number of ketones is 1. The van der Waals surface area contributed by atoms with Crippen molar-refractivity contribution < 1.29 is 19.1 Å². The molecule has 1 unspecified atom stereocenters. The summed E-state index contributed by atoms with van der Waals surface area (Å²) in [7, 11) is 0. The third-order valence-corrected chi connectivity index (χ3v) is 6.80. The number of Topliss-reactive ketones (excluding diaryl/α,β-unsaturated/α-hetero) is 1. The highest BCUT2D eigenvalue weighted by Crippen LogP contribution is 2.48. The first-order valence-electron chi connectivity index (χ1n) is 9.99. The first-order valence-corrected chi connectivity index (χ1v) is 10.9. The molecule has 1 aromatic rings. The van der Waals surface area contributed by atoms with Gasteiger partial charge in [0.25, 0.3) is 0 Å². The predicted molar refractivity (Wildman–Crippen MR) is 109 cm³/mol. The standard InChI is InChI=1S/C22H27NO4S/c1-13-18(21(25)27-12-14-6-4-8-26-14)20(17-7-5-9-28-17)19-15(23-13)10-22(2,3)11-16(19)24/h5,7,9,14,18,20H,4,6,8,10-12H2,1-3H3/t14-,18?,20-/m1/s1. The van der Waals surface area contributed by atoms with Crippen molar-refractivity contribution in [3.05, 3.63) is 33.7 Å². The Morgan fingerprint density at radius 1 is 1.39 bits per heavy atom. The number of thiophene rings is 1. The van der Waals surface area contributed by atoms with Gasteiger partial charge in [0.15, 0.2) is 5.78 Å². The topological polar surface area (TPSA) is 65.0 Å². The number of nitrogens with zero attached hydrogens (tertiary/aromatic N) is 1. The molecule has 0 N–H and O–H groups in total. The van der Waals surface area contributed by atoms with Crippen LogP contribution in [0, 0.1) is 11.3 Å². The normalized spacial score (nSPS) is 29.5. The minimum absolute atomic E-state index is 0.0168. The molecule has 0 aromatic carbocycles. The lowest BCUT2D eigenvalue weighted by Crippen LogP contribution is -2.39. The van der Waals surface area contributed by atoms with Crippen LogP contribution >= 0.6 is 11.3 Å². The van der Waals surface area contributed by atoms with Gasteiger partial charge in [0.1, 0.15) is 12.5 Å². The van der Waals surface area contributed by atoms with E-state index >= 15 is 0 Å². The van der Waals surface area contributed by atoms with Gasteiger partial charge < -0.3 is 9.47 Å². The summed E-state index contributed by atoms with van der Waals surface area (Å²) in [6, 6.07) is 3.97. The van der Waals surface area contributed by atoms with Crippen LogP contribution in [-0.2, 0) is 19.1 Å². The Bertz CT molecular complexity index is 831. The lowest BCUT2D eigenvalue weighted by atomic mass is 9.68. The van der Waals surface area contributed by atoms with Gasteiger partial charge in [-0.3, -0.25) is 14.6 Å². The maximum atomic E-state index is 13.1. The second-order valence-corrected chi connectivity index (χ2v) is 9.77. The third-order valence-electron chi connectivity index (χ3n) is 5.84. The maximum absolute atomic E-state index is 13.1. The first-order chi connectivity index (χ1) is 13.4. The number of ether oxygens (including phenoxy) is 2. The molecule has 0 bridgehead atoms. The number of hydrogen-bond donors (Lipinski definition) is 0. The second-order valence-electron chi connectivity index (χ2n) is 8.79. The molecule has 3 atom stereocenters. The molecule has 3 heterocycles. The van der Waals surface area contributed by atoms with Crippen molar-refractivity contribution in [1.82, 2.24) is 0 Å². The predicted octanol–water partition coefficient (Wildman–Crippen LogP) is 4.29. The molecule has 1 fully saturated rings. The monoisotopic (exact) mass is 401 g/mol. The minimum atomic E-state index is -0.552. The number of allylic oxidation sites excluding steroid dienone is 2. The summed E-state index contributed by atoms with van der Waals surface area (Å²) in [4.78, 5) is 32.0. The Hall–Kier alpha value is -1.79. The fourth-order valence-corrected chi connectivity index (χ4v) is 5.44. The van der Waals surface area contributed by atoms with Crippen LogP contribution in [0.25, 0.3) is 0 Å². The lowest BCUT2D eigenvalue weighted by molar-refractivity contribution is -0.149. The van der Waals surface area contributed by atoms with E-state index in [1.165, 1.54) is 0 Å². The van der Waals surface area contributed by atoms with Gasteiger partial charge in [-0.05, 0) is 43.0 Å². The Morgan fingerprint density at radius 2 is 2.21 bits per heavy atom. The molecule has 150 valence electrons. The molecule has 0 spiro atoms. The summed E-state index contributed by atoms with van der Waals surface area (Å²) in [5.74, 6) is -1.05. The van der Waals surface area contributed by atoms with E-state index in [0.29, 0.717) is 12.0 Å². The molecule has 5 nitrogen and oxygen atoms in total. The fraction of sp³-hybridized carbons (Fsp3) is 0.591. The van der Waals surface area contributed by atoms with Crippen LogP contribution in [0.2, 0.25) is 0 Å². The van der Waals surface area contributed by atoms with Crippen molar-refractivity contribution in [2.75, 3.05) is 13.2 Å². The van der Waals surface area contributed by atoms with Gasteiger partial charge in [0.05, 0.1) is 6.10 Å². The molecule has 1 saturated heterocycles. The van der Waals surface area contributed by atoms with Crippen LogP contribution in [-0.4, -0.2) is 36.8 Å². The number of carbonyl (C=O) groups is 2. The van der Waals surface area contributed by atoms with Crippen LogP contribution in [0.4, 0.5) is 0 Å². The molecule has 3 aliphatic rings. The van der Waals surface area contributed by atoms with Crippen LogP contribution in [0.1, 0.15) is 57.2 Å². The molecule has 4 rings (SSSR count). The van der Waals surface area contributed by atoms with Crippen LogP contribution in [0.3, 0.4) is 0 Å². The summed E-state index contributed by atoms with van der Waals surface area (Å²) in [6.07, 6.45) is 3.15. The summed E-state index contributed by atoms with van der Waals surface area (Å²) < 4.78 is 11.2. The Kier molecular flexibility index (Phi) is 5.27. The lowest BCUT2D eigenvalue weighted by Gasteiger charge is -2.38. The van der Waals surface area contributed by atoms with E-state index < -0.39 is 5.92 Å². The minimum Gasteiger partial charge on any atom is -0.462 e. The molecule has 0 saturated carbocycles. The summed E-state index contributed by atoms with van der Waals surface area (Å²) in [5, 5.41) is 1.99. The van der Waals surface area contributed by atoms with Crippen molar-refractivity contribution >= 4 is 28.8 Å². The average Bonchev–Trinajstić information content (AvgIpc) is 3.31. The van der Waals surface area contributed by atoms with Gasteiger partial charge in [-0.15, -0.1) is 11.3 Å². The largest absolute Gasteiger partial charge is 0.462 e.